The highest BCUT2D eigenvalue weighted by Gasteiger charge is 2.25. The molecule has 1 amide bonds. The Bertz CT molecular complexity index is 1140. The van der Waals surface area contributed by atoms with Crippen molar-refractivity contribution in [3.8, 4) is 0 Å². The number of hydrogen-bond acceptors (Lipinski definition) is 10. The molecular formula is C17H14N8O5. The van der Waals surface area contributed by atoms with Crippen molar-refractivity contribution < 1.29 is 14.6 Å². The third-order valence-electron chi connectivity index (χ3n) is 3.89. The number of benzene rings is 1. The molecule has 3 aromatic rings. The number of carbonyl (C=O) groups is 1. The first-order valence-electron chi connectivity index (χ1n) is 8.36. The molecule has 2 aromatic heterocycles. The van der Waals surface area contributed by atoms with Crippen molar-refractivity contribution >= 4 is 34.7 Å². The van der Waals surface area contributed by atoms with Gasteiger partial charge in [0.2, 0.25) is 11.6 Å². The number of amides is 1. The summed E-state index contributed by atoms with van der Waals surface area (Å²) >= 11 is 0. The predicted octanol–water partition coefficient (Wildman–Crippen LogP) is 2.50. The maximum absolute atomic E-state index is 12.3. The van der Waals surface area contributed by atoms with Gasteiger partial charge in [-0.25, -0.2) is 15.0 Å². The number of carbonyl (C=O) groups excluding carboxylic acids is 1. The van der Waals surface area contributed by atoms with Crippen molar-refractivity contribution in [3.63, 3.8) is 0 Å². The van der Waals surface area contributed by atoms with Crippen LogP contribution in [0.25, 0.3) is 0 Å². The summed E-state index contributed by atoms with van der Waals surface area (Å²) in [4.78, 5) is 45.3. The average molecular weight is 410 g/mol. The standard InChI is InChI=1S/C17H14N8O5/c1-10-5-4-8-18-14(10)21-15-13(25(29)30)16(20-9-19-15)22-23-17(26)11-6-2-3-7-12(11)24(27)28/h2-9H,1H3,(H,23,26)(H2,18,19,20,21,22). The Kier molecular flexibility index (Phi) is 5.72. The van der Waals surface area contributed by atoms with Gasteiger partial charge < -0.3 is 5.32 Å². The van der Waals surface area contributed by atoms with Gasteiger partial charge in [0, 0.05) is 12.3 Å². The number of nitro benzene ring substituents is 1. The largest absolute Gasteiger partial charge is 0.355 e. The number of aromatic nitrogens is 3. The molecule has 3 rings (SSSR count). The first-order chi connectivity index (χ1) is 14.4. The normalized spacial score (nSPS) is 10.2. The predicted molar refractivity (Wildman–Crippen MR) is 105 cm³/mol. The van der Waals surface area contributed by atoms with Crippen LogP contribution in [0.3, 0.4) is 0 Å². The summed E-state index contributed by atoms with van der Waals surface area (Å²) in [5, 5.41) is 25.4. The van der Waals surface area contributed by atoms with Crippen LogP contribution < -0.4 is 16.2 Å². The Morgan fingerprint density at radius 3 is 2.37 bits per heavy atom. The number of hydrogen-bond donors (Lipinski definition) is 3. The number of aryl methyl sites for hydroxylation is 1. The van der Waals surface area contributed by atoms with E-state index in [1.807, 2.05) is 0 Å². The third-order valence-corrected chi connectivity index (χ3v) is 3.89. The molecule has 0 atom stereocenters. The van der Waals surface area contributed by atoms with Crippen LogP contribution in [0, 0.1) is 27.2 Å². The number of anilines is 3. The minimum absolute atomic E-state index is 0.153. The molecule has 0 saturated carbocycles. The maximum Gasteiger partial charge on any atom is 0.355 e. The van der Waals surface area contributed by atoms with E-state index < -0.39 is 27.1 Å². The first-order valence-corrected chi connectivity index (χ1v) is 8.36. The fraction of sp³-hybridized carbons (Fsp3) is 0.0588. The lowest BCUT2D eigenvalue weighted by molar-refractivity contribution is -0.385. The number of hydrazine groups is 1. The van der Waals surface area contributed by atoms with Crippen molar-refractivity contribution in [1.29, 1.82) is 0 Å². The van der Waals surface area contributed by atoms with Gasteiger partial charge in [0.05, 0.1) is 9.85 Å². The highest BCUT2D eigenvalue weighted by molar-refractivity contribution is 5.98. The van der Waals surface area contributed by atoms with Gasteiger partial charge in [-0.2, -0.15) is 0 Å². The molecule has 2 heterocycles. The molecule has 0 fully saturated rings. The van der Waals surface area contributed by atoms with E-state index in [-0.39, 0.29) is 17.2 Å². The zero-order valence-electron chi connectivity index (χ0n) is 15.4. The molecule has 13 nitrogen and oxygen atoms in total. The van der Waals surface area contributed by atoms with E-state index in [1.165, 1.54) is 30.5 Å². The second-order valence-electron chi connectivity index (χ2n) is 5.82. The quantitative estimate of drug-likeness (QED) is 0.387. The van der Waals surface area contributed by atoms with E-state index >= 15 is 0 Å². The van der Waals surface area contributed by atoms with Gasteiger partial charge >= 0.3 is 5.69 Å². The van der Waals surface area contributed by atoms with Crippen LogP contribution >= 0.6 is 0 Å². The van der Waals surface area contributed by atoms with Gasteiger partial charge in [0.15, 0.2) is 0 Å². The van der Waals surface area contributed by atoms with E-state index in [0.29, 0.717) is 5.82 Å². The molecule has 0 unspecified atom stereocenters. The summed E-state index contributed by atoms with van der Waals surface area (Å²) in [5.41, 5.74) is 4.03. The molecule has 152 valence electrons. The zero-order valence-corrected chi connectivity index (χ0v) is 15.4. The number of nitrogens with one attached hydrogen (secondary N) is 3. The van der Waals surface area contributed by atoms with Crippen LogP contribution in [0.1, 0.15) is 15.9 Å². The first kappa shape index (κ1) is 20.1. The van der Waals surface area contributed by atoms with Crippen LogP contribution in [0.5, 0.6) is 0 Å². The van der Waals surface area contributed by atoms with Gasteiger partial charge in [0.1, 0.15) is 17.7 Å². The van der Waals surface area contributed by atoms with Crippen molar-refractivity contribution in [2.24, 2.45) is 0 Å². The zero-order chi connectivity index (χ0) is 21.7. The third kappa shape index (κ3) is 4.24. The fourth-order valence-electron chi connectivity index (χ4n) is 2.47. The van der Waals surface area contributed by atoms with E-state index in [0.717, 1.165) is 11.9 Å². The van der Waals surface area contributed by atoms with Crippen molar-refractivity contribution in [1.82, 2.24) is 20.4 Å². The SMILES string of the molecule is Cc1cccnc1Nc1ncnc(NNC(=O)c2ccccc2[N+](=O)[O-])c1[N+](=O)[O-]. The van der Waals surface area contributed by atoms with E-state index in [9.17, 15) is 25.0 Å². The highest BCUT2D eigenvalue weighted by Crippen LogP contribution is 2.31. The van der Waals surface area contributed by atoms with Gasteiger partial charge in [-0.3, -0.25) is 35.9 Å². The second-order valence-corrected chi connectivity index (χ2v) is 5.82. The van der Waals surface area contributed by atoms with Crippen LogP contribution in [0.15, 0.2) is 48.9 Å². The van der Waals surface area contributed by atoms with Gasteiger partial charge in [-0.1, -0.05) is 18.2 Å². The smallest absolute Gasteiger partial charge is 0.319 e. The molecule has 0 saturated heterocycles. The number of para-hydroxylation sites is 1. The van der Waals surface area contributed by atoms with Gasteiger partial charge in [-0.05, 0) is 24.6 Å². The summed E-state index contributed by atoms with van der Waals surface area (Å²) < 4.78 is 0. The van der Waals surface area contributed by atoms with Crippen molar-refractivity contribution in [3.05, 3.63) is 80.3 Å². The van der Waals surface area contributed by atoms with Crippen LogP contribution in [-0.4, -0.2) is 30.7 Å². The van der Waals surface area contributed by atoms with Gasteiger partial charge in [-0.15, -0.1) is 0 Å². The monoisotopic (exact) mass is 410 g/mol. The minimum Gasteiger partial charge on any atom is -0.319 e. The van der Waals surface area contributed by atoms with E-state index in [4.69, 9.17) is 0 Å². The lowest BCUT2D eigenvalue weighted by atomic mass is 10.2. The molecule has 0 aliphatic carbocycles. The molecular weight excluding hydrogens is 396 g/mol. The number of nitrogens with zero attached hydrogens (tertiary/aromatic N) is 5. The van der Waals surface area contributed by atoms with Crippen LogP contribution in [0.2, 0.25) is 0 Å². The van der Waals surface area contributed by atoms with E-state index in [2.05, 4.69) is 31.1 Å². The minimum atomic E-state index is -0.870. The van der Waals surface area contributed by atoms with Gasteiger partial charge in [0.25, 0.3) is 11.6 Å². The molecule has 3 N–H and O–H groups in total. The summed E-state index contributed by atoms with van der Waals surface area (Å²) in [6, 6.07) is 8.75. The molecule has 0 aliphatic heterocycles. The van der Waals surface area contributed by atoms with Crippen LogP contribution in [-0.2, 0) is 0 Å². The Balaban J connectivity index is 1.86. The Morgan fingerprint density at radius 1 is 0.933 bits per heavy atom. The second kappa shape index (κ2) is 8.55. The topological polar surface area (TPSA) is 178 Å². The summed E-state index contributed by atoms with van der Waals surface area (Å²) in [6.45, 7) is 1.76. The molecule has 0 spiro atoms. The van der Waals surface area contributed by atoms with E-state index in [1.54, 1.807) is 19.1 Å². The number of nitro groups is 2. The Hall–Kier alpha value is -4.68. The summed E-state index contributed by atoms with van der Waals surface area (Å²) in [5.74, 6) is -0.989. The average Bonchev–Trinajstić information content (AvgIpc) is 2.73. The molecule has 0 bridgehead atoms. The number of rotatable bonds is 7. The van der Waals surface area contributed by atoms with Crippen molar-refractivity contribution in [2.45, 2.75) is 6.92 Å². The summed E-state index contributed by atoms with van der Waals surface area (Å²) in [6.07, 6.45) is 2.56. The molecule has 0 aliphatic rings. The van der Waals surface area contributed by atoms with Crippen molar-refractivity contribution in [2.75, 3.05) is 10.7 Å². The molecule has 30 heavy (non-hydrogen) atoms. The number of pyridine rings is 1. The molecule has 13 heteroatoms. The van der Waals surface area contributed by atoms with Crippen LogP contribution in [0.4, 0.5) is 28.8 Å². The molecule has 0 radical (unpaired) electrons. The summed E-state index contributed by atoms with van der Waals surface area (Å²) in [7, 11) is 0. The lowest BCUT2D eigenvalue weighted by Crippen LogP contribution is -2.30. The lowest BCUT2D eigenvalue weighted by Gasteiger charge is -2.11. The molecule has 1 aromatic carbocycles. The Labute approximate surface area is 168 Å². The Morgan fingerprint density at radius 2 is 1.67 bits per heavy atom. The fourth-order valence-corrected chi connectivity index (χ4v) is 2.47. The highest BCUT2D eigenvalue weighted by atomic mass is 16.6. The maximum atomic E-state index is 12.3.